The van der Waals surface area contributed by atoms with Gasteiger partial charge in [0.1, 0.15) is 0 Å². The molecule has 0 amide bonds. The van der Waals surface area contributed by atoms with E-state index in [4.69, 9.17) is 0 Å². The van der Waals surface area contributed by atoms with Gasteiger partial charge in [-0.1, -0.05) is 28.8 Å². The lowest BCUT2D eigenvalue weighted by Crippen LogP contribution is -2.20. The molecule has 1 fully saturated rings. The van der Waals surface area contributed by atoms with Gasteiger partial charge in [-0.25, -0.2) is 0 Å². The molecule has 0 radical (unpaired) electrons. The fourth-order valence-electron chi connectivity index (χ4n) is 1.29. The number of alkyl halides is 1. The van der Waals surface area contributed by atoms with Crippen LogP contribution < -0.4 is 0 Å². The number of rotatable bonds is 1. The van der Waals surface area contributed by atoms with E-state index in [1.807, 2.05) is 0 Å². The SMILES string of the molecule is BrC1CCCCC1P(Br)Br. The molecule has 60 valence electrons. The molecule has 1 aliphatic rings. The normalized spacial score (nSPS) is 34.8. The minimum Gasteiger partial charge on any atom is -0.0883 e. The first kappa shape index (κ1) is 9.95. The Morgan fingerprint density at radius 2 is 1.70 bits per heavy atom. The van der Waals surface area contributed by atoms with Gasteiger partial charge in [-0.05, 0) is 43.8 Å². The molecule has 0 aromatic rings. The van der Waals surface area contributed by atoms with Crippen molar-refractivity contribution in [1.29, 1.82) is 0 Å². The molecule has 0 aromatic carbocycles. The zero-order chi connectivity index (χ0) is 7.56. The third-order valence-corrected chi connectivity index (χ3v) is 7.68. The maximum absolute atomic E-state index is 3.71. The molecule has 4 heteroatoms. The van der Waals surface area contributed by atoms with Crippen LogP contribution in [0.4, 0.5) is 0 Å². The lowest BCUT2D eigenvalue weighted by atomic mass is 10.0. The Hall–Kier alpha value is 1.87. The van der Waals surface area contributed by atoms with E-state index in [9.17, 15) is 0 Å². The van der Waals surface area contributed by atoms with Crippen molar-refractivity contribution in [3.8, 4) is 0 Å². The highest BCUT2D eigenvalue weighted by Gasteiger charge is 2.26. The molecule has 2 unspecified atom stereocenters. The number of hydrogen-bond acceptors (Lipinski definition) is 0. The molecule has 0 N–H and O–H groups in total. The quantitative estimate of drug-likeness (QED) is 0.470. The Morgan fingerprint density at radius 1 is 1.10 bits per heavy atom. The molecule has 10 heavy (non-hydrogen) atoms. The van der Waals surface area contributed by atoms with Crippen LogP contribution in [0.5, 0.6) is 0 Å². The van der Waals surface area contributed by atoms with Crippen LogP contribution in [0.1, 0.15) is 25.7 Å². The molecule has 1 rings (SSSR count). The second kappa shape index (κ2) is 4.79. The summed E-state index contributed by atoms with van der Waals surface area (Å²) in [6, 6.07) is 0. The summed E-state index contributed by atoms with van der Waals surface area (Å²) in [5.41, 5.74) is 0.837. The van der Waals surface area contributed by atoms with Crippen molar-refractivity contribution in [2.75, 3.05) is 0 Å². The van der Waals surface area contributed by atoms with Crippen molar-refractivity contribution < 1.29 is 0 Å². The van der Waals surface area contributed by atoms with Gasteiger partial charge in [0.15, 0.2) is 0 Å². The van der Waals surface area contributed by atoms with E-state index in [0.29, 0.717) is 0 Å². The average molecular weight is 353 g/mol. The molecule has 2 atom stereocenters. The van der Waals surface area contributed by atoms with Gasteiger partial charge in [-0.2, -0.15) is 0 Å². The lowest BCUT2D eigenvalue weighted by Gasteiger charge is -2.28. The van der Waals surface area contributed by atoms with Crippen molar-refractivity contribution >= 4 is 52.2 Å². The van der Waals surface area contributed by atoms with Crippen molar-refractivity contribution in [1.82, 2.24) is 0 Å². The predicted molar refractivity (Wildman–Crippen MR) is 59.7 cm³/mol. The van der Waals surface area contributed by atoms with E-state index in [1.165, 1.54) is 25.7 Å². The summed E-state index contributed by atoms with van der Waals surface area (Å²) in [5, 5.41) is -0.0799. The standard InChI is InChI=1S/C6H10Br3P/c7-5-3-1-2-4-6(5)10(8)9/h5-6H,1-4H2. The summed E-state index contributed by atoms with van der Waals surface area (Å²) in [6.07, 6.45) is 5.53. The fraction of sp³-hybridized carbons (Fsp3) is 1.00. The van der Waals surface area contributed by atoms with Crippen LogP contribution >= 0.6 is 52.2 Å². The topological polar surface area (TPSA) is 0 Å². The summed E-state index contributed by atoms with van der Waals surface area (Å²) >= 11 is 11.0. The molecule has 1 aliphatic carbocycles. The van der Waals surface area contributed by atoms with E-state index in [1.54, 1.807) is 0 Å². The van der Waals surface area contributed by atoms with Gasteiger partial charge in [0.25, 0.3) is 0 Å². The van der Waals surface area contributed by atoms with Crippen LogP contribution in [0.15, 0.2) is 0 Å². The van der Waals surface area contributed by atoms with Gasteiger partial charge in [-0.3, -0.25) is 0 Å². The van der Waals surface area contributed by atoms with Crippen LogP contribution in [-0.2, 0) is 0 Å². The Labute approximate surface area is 87.9 Å². The van der Waals surface area contributed by atoms with Gasteiger partial charge in [0.05, 0.1) is 0 Å². The minimum absolute atomic E-state index is 0.0799. The highest BCUT2D eigenvalue weighted by molar-refractivity contribution is 9.69. The van der Waals surface area contributed by atoms with Crippen molar-refractivity contribution in [2.45, 2.75) is 36.2 Å². The maximum atomic E-state index is 3.71. The molecule has 0 nitrogen and oxygen atoms in total. The van der Waals surface area contributed by atoms with Crippen LogP contribution in [-0.4, -0.2) is 10.5 Å². The van der Waals surface area contributed by atoms with E-state index >= 15 is 0 Å². The summed E-state index contributed by atoms with van der Waals surface area (Å²) in [5.74, 6) is 0. The Morgan fingerprint density at radius 3 is 2.10 bits per heavy atom. The van der Waals surface area contributed by atoms with Gasteiger partial charge in [0, 0.05) is 15.8 Å². The lowest BCUT2D eigenvalue weighted by molar-refractivity contribution is 0.532. The maximum Gasteiger partial charge on any atom is 0.0389 e. The zero-order valence-corrected chi connectivity index (χ0v) is 11.2. The highest BCUT2D eigenvalue weighted by Crippen LogP contribution is 2.61. The molecule has 0 saturated heterocycles. The third kappa shape index (κ3) is 2.73. The number of halogens is 3. The Bertz CT molecular complexity index is 107. The molecule has 0 aliphatic heterocycles. The van der Waals surface area contributed by atoms with Crippen LogP contribution in [0, 0.1) is 0 Å². The third-order valence-electron chi connectivity index (χ3n) is 1.90. The Kier molecular flexibility index (Phi) is 4.77. The molecular weight excluding hydrogens is 343 g/mol. The largest absolute Gasteiger partial charge is 0.0883 e. The van der Waals surface area contributed by atoms with Crippen molar-refractivity contribution in [3.63, 3.8) is 0 Å². The minimum atomic E-state index is -0.0799. The zero-order valence-electron chi connectivity index (χ0n) is 5.56. The molecule has 1 saturated carbocycles. The van der Waals surface area contributed by atoms with Crippen LogP contribution in [0.25, 0.3) is 0 Å². The van der Waals surface area contributed by atoms with Crippen molar-refractivity contribution in [3.05, 3.63) is 0 Å². The first-order chi connectivity index (χ1) is 4.72. The average Bonchev–Trinajstić information content (AvgIpc) is 1.88. The molecule has 0 heterocycles. The summed E-state index contributed by atoms with van der Waals surface area (Å²) < 4.78 is 0. The van der Waals surface area contributed by atoms with Gasteiger partial charge in [0.2, 0.25) is 0 Å². The van der Waals surface area contributed by atoms with Crippen molar-refractivity contribution in [2.24, 2.45) is 0 Å². The van der Waals surface area contributed by atoms with E-state index in [0.717, 1.165) is 10.5 Å². The number of hydrogen-bond donors (Lipinski definition) is 0. The predicted octanol–water partition coefficient (Wildman–Crippen LogP) is 4.79. The second-order valence-corrected chi connectivity index (χ2v) is 12.4. The van der Waals surface area contributed by atoms with E-state index in [2.05, 4.69) is 46.9 Å². The highest BCUT2D eigenvalue weighted by atomic mass is 79.9. The smallest absolute Gasteiger partial charge is 0.0389 e. The summed E-state index contributed by atoms with van der Waals surface area (Å²) in [7, 11) is 0. The first-order valence-electron chi connectivity index (χ1n) is 3.46. The van der Waals surface area contributed by atoms with Crippen LogP contribution in [0.2, 0.25) is 0 Å². The van der Waals surface area contributed by atoms with Gasteiger partial charge >= 0.3 is 0 Å². The molecule has 0 spiro atoms. The Balaban J connectivity index is 2.40. The monoisotopic (exact) mass is 350 g/mol. The first-order valence-corrected chi connectivity index (χ1v) is 9.83. The summed E-state index contributed by atoms with van der Waals surface area (Å²) in [6.45, 7) is 0. The summed E-state index contributed by atoms with van der Waals surface area (Å²) in [4.78, 5) is 0.742. The molecule has 0 bridgehead atoms. The van der Waals surface area contributed by atoms with E-state index in [-0.39, 0.29) is 5.33 Å². The fourth-order valence-corrected chi connectivity index (χ4v) is 8.20. The molecular formula is C6H10Br3P. The molecule has 0 aromatic heterocycles. The van der Waals surface area contributed by atoms with Gasteiger partial charge in [-0.15, -0.1) is 0 Å². The van der Waals surface area contributed by atoms with Gasteiger partial charge < -0.3 is 0 Å². The van der Waals surface area contributed by atoms with E-state index < -0.39 is 0 Å². The van der Waals surface area contributed by atoms with Crippen LogP contribution in [0.3, 0.4) is 0 Å². The second-order valence-electron chi connectivity index (χ2n) is 2.63.